The van der Waals surface area contributed by atoms with E-state index in [9.17, 15) is 35.1 Å². The highest BCUT2D eigenvalue weighted by molar-refractivity contribution is 7.92. The molecule has 0 amide bonds. The van der Waals surface area contributed by atoms with Gasteiger partial charge in [0.1, 0.15) is 0 Å². The summed E-state index contributed by atoms with van der Waals surface area (Å²) in [5, 5.41) is 11.4. The summed E-state index contributed by atoms with van der Waals surface area (Å²) in [6.45, 7) is 0.0630. The van der Waals surface area contributed by atoms with Crippen LogP contribution in [0.15, 0.2) is 82.6 Å². The summed E-state index contributed by atoms with van der Waals surface area (Å²) in [6.07, 6.45) is -3.84. The molecule has 3 aromatic rings. The molecule has 1 N–H and O–H groups in total. The molecular weight excluding hydrogens is 603 g/mol. The van der Waals surface area contributed by atoms with E-state index in [2.05, 4.69) is 5.92 Å². The van der Waals surface area contributed by atoms with Gasteiger partial charge in [-0.1, -0.05) is 35.7 Å². The van der Waals surface area contributed by atoms with Crippen molar-refractivity contribution in [1.82, 2.24) is 0 Å². The van der Waals surface area contributed by atoms with E-state index in [4.69, 9.17) is 16.3 Å². The van der Waals surface area contributed by atoms with Gasteiger partial charge in [0.2, 0.25) is 0 Å². The largest absolute Gasteiger partial charge is 0.433 e. The van der Waals surface area contributed by atoms with Gasteiger partial charge in [-0.25, -0.2) is 16.8 Å². The van der Waals surface area contributed by atoms with E-state index in [1.807, 2.05) is 5.92 Å². The van der Waals surface area contributed by atoms with Crippen molar-refractivity contribution in [3.05, 3.63) is 88.9 Å². The normalized spacial score (nSPS) is 17.4. The lowest BCUT2D eigenvalue weighted by molar-refractivity contribution is -0.240. The molecule has 2 atom stereocenters. The molecule has 0 radical (unpaired) electrons. The van der Waals surface area contributed by atoms with Crippen LogP contribution in [0.4, 0.5) is 18.9 Å². The van der Waals surface area contributed by atoms with Crippen LogP contribution in [0.3, 0.4) is 0 Å². The maximum atomic E-state index is 14.6. The molecule has 1 saturated heterocycles. The van der Waals surface area contributed by atoms with E-state index in [-0.39, 0.29) is 26.9 Å². The third kappa shape index (κ3) is 6.71. The predicted octanol–water partition coefficient (Wildman–Crippen LogP) is 4.92. The van der Waals surface area contributed by atoms with Crippen molar-refractivity contribution < 1.29 is 39.9 Å². The van der Waals surface area contributed by atoms with Gasteiger partial charge in [-0.15, -0.1) is 0 Å². The van der Waals surface area contributed by atoms with Gasteiger partial charge in [0.25, 0.3) is 15.6 Å². The maximum absolute atomic E-state index is 14.6. The summed E-state index contributed by atoms with van der Waals surface area (Å²) in [6, 6.07) is 14.7. The Bertz CT molecular complexity index is 1680. The first kappa shape index (κ1) is 30.9. The quantitative estimate of drug-likeness (QED) is 0.373. The molecule has 4 rings (SSSR count). The molecule has 3 aromatic carbocycles. The van der Waals surface area contributed by atoms with Crippen molar-refractivity contribution in [1.29, 1.82) is 0 Å². The molecule has 7 nitrogen and oxygen atoms in total. The smallest absolute Gasteiger partial charge is 0.376 e. The maximum Gasteiger partial charge on any atom is 0.433 e. The number of anilines is 1. The van der Waals surface area contributed by atoms with Gasteiger partial charge in [-0.3, -0.25) is 4.31 Å². The lowest BCUT2D eigenvalue weighted by Gasteiger charge is -2.33. The molecule has 41 heavy (non-hydrogen) atoms. The minimum Gasteiger partial charge on any atom is -0.376 e. The molecule has 0 saturated carbocycles. The first-order valence-corrected chi connectivity index (χ1v) is 16.0. The number of para-hydroxylation sites is 1. The molecule has 0 bridgehead atoms. The van der Waals surface area contributed by atoms with Gasteiger partial charge in [0.15, 0.2) is 9.84 Å². The summed E-state index contributed by atoms with van der Waals surface area (Å²) < 4.78 is 101. The number of aliphatic hydroxyl groups is 1. The van der Waals surface area contributed by atoms with E-state index in [1.165, 1.54) is 60.7 Å². The molecule has 0 aliphatic carbocycles. The average Bonchev–Trinajstić information content (AvgIpc) is 3.43. The zero-order valence-corrected chi connectivity index (χ0v) is 24.0. The van der Waals surface area contributed by atoms with Crippen LogP contribution in [-0.4, -0.2) is 53.6 Å². The van der Waals surface area contributed by atoms with Crippen LogP contribution in [0.1, 0.15) is 24.0 Å². The van der Waals surface area contributed by atoms with Crippen LogP contribution in [0.2, 0.25) is 5.02 Å². The number of rotatable bonds is 7. The van der Waals surface area contributed by atoms with E-state index in [0.29, 0.717) is 19.4 Å². The Kier molecular flexibility index (Phi) is 8.78. The van der Waals surface area contributed by atoms with Crippen molar-refractivity contribution in [3.8, 4) is 11.8 Å². The third-order valence-corrected chi connectivity index (χ3v) is 9.61. The Hall–Kier alpha value is -3.08. The first-order chi connectivity index (χ1) is 19.1. The molecule has 1 heterocycles. The Morgan fingerprint density at radius 3 is 2.15 bits per heavy atom. The van der Waals surface area contributed by atoms with Gasteiger partial charge in [0, 0.05) is 29.0 Å². The van der Waals surface area contributed by atoms with Gasteiger partial charge < -0.3 is 9.84 Å². The number of ether oxygens (including phenoxy) is 1. The van der Waals surface area contributed by atoms with Crippen LogP contribution in [-0.2, 0) is 30.2 Å². The van der Waals surface area contributed by atoms with E-state index in [0.717, 1.165) is 22.7 Å². The van der Waals surface area contributed by atoms with E-state index < -0.39 is 49.0 Å². The molecule has 13 heteroatoms. The lowest BCUT2D eigenvalue weighted by atomic mass is 9.91. The third-order valence-electron chi connectivity index (χ3n) is 6.44. The second-order valence-corrected chi connectivity index (χ2v) is 13.7. The molecule has 0 aromatic heterocycles. The topological polar surface area (TPSA) is 101 Å². The summed E-state index contributed by atoms with van der Waals surface area (Å²) in [5.41, 5.74) is -5.03. The van der Waals surface area contributed by atoms with Crippen molar-refractivity contribution in [2.24, 2.45) is 0 Å². The second kappa shape index (κ2) is 11.7. The van der Waals surface area contributed by atoms with Gasteiger partial charge in [0.05, 0.1) is 28.1 Å². The lowest BCUT2D eigenvalue weighted by Crippen LogP contribution is -2.44. The SMILES string of the molecule is CS(=O)(=O)c1ccc(C#CC(O)(c2ccccc2N(CC2CCCO2)S(=O)(=O)c2ccc(Cl)cc2)C(F)(F)F)cc1. The minimum absolute atomic E-state index is 0.00236. The number of benzene rings is 3. The zero-order chi connectivity index (χ0) is 30.1. The second-order valence-electron chi connectivity index (χ2n) is 9.40. The summed E-state index contributed by atoms with van der Waals surface area (Å²) >= 11 is 5.92. The Labute approximate surface area is 241 Å². The summed E-state index contributed by atoms with van der Waals surface area (Å²) in [4.78, 5) is -0.279. The Balaban J connectivity index is 1.87. The highest BCUT2D eigenvalue weighted by Crippen LogP contribution is 2.44. The standard InChI is InChI=1S/C28H25ClF3NO6S2/c1-40(35,36)23-12-8-20(9-13-23)16-17-27(34,28(30,31)32)25-6-2-3-7-26(25)33(19-22-5-4-18-39-22)41(37,38)24-14-10-21(29)11-15-24/h2-3,6-15,22,34H,4-5,18-19H2,1H3. The highest BCUT2D eigenvalue weighted by Gasteiger charge is 2.56. The summed E-state index contributed by atoms with van der Waals surface area (Å²) in [5.74, 6) is 4.14. The number of sulfone groups is 1. The highest BCUT2D eigenvalue weighted by atomic mass is 35.5. The van der Waals surface area contributed by atoms with Crippen LogP contribution in [0.25, 0.3) is 0 Å². The molecular formula is C28H25ClF3NO6S2. The molecule has 1 aliphatic rings. The average molecular weight is 628 g/mol. The van der Waals surface area contributed by atoms with Gasteiger partial charge in [-0.2, -0.15) is 13.2 Å². The van der Waals surface area contributed by atoms with Crippen molar-refractivity contribution in [2.75, 3.05) is 23.7 Å². The van der Waals surface area contributed by atoms with Crippen molar-refractivity contribution in [3.63, 3.8) is 0 Å². The Morgan fingerprint density at radius 1 is 0.976 bits per heavy atom. The van der Waals surface area contributed by atoms with Gasteiger partial charge >= 0.3 is 6.18 Å². The number of hydrogen-bond donors (Lipinski definition) is 1. The number of halogens is 4. The van der Waals surface area contributed by atoms with Crippen LogP contribution >= 0.6 is 11.6 Å². The van der Waals surface area contributed by atoms with E-state index in [1.54, 1.807) is 0 Å². The molecule has 218 valence electrons. The van der Waals surface area contributed by atoms with E-state index >= 15 is 0 Å². The van der Waals surface area contributed by atoms with Crippen LogP contribution in [0.5, 0.6) is 0 Å². The molecule has 1 aliphatic heterocycles. The number of hydrogen-bond acceptors (Lipinski definition) is 6. The fraction of sp³-hybridized carbons (Fsp3) is 0.286. The van der Waals surface area contributed by atoms with Crippen molar-refractivity contribution in [2.45, 2.75) is 40.5 Å². The Morgan fingerprint density at radius 2 is 1.59 bits per heavy atom. The number of sulfonamides is 1. The number of alkyl halides is 3. The van der Waals surface area contributed by atoms with Crippen LogP contribution < -0.4 is 4.31 Å². The van der Waals surface area contributed by atoms with Crippen molar-refractivity contribution >= 4 is 37.1 Å². The minimum atomic E-state index is -5.36. The fourth-order valence-electron chi connectivity index (χ4n) is 4.27. The summed E-state index contributed by atoms with van der Waals surface area (Å²) in [7, 11) is -8.01. The predicted molar refractivity (Wildman–Crippen MR) is 148 cm³/mol. The van der Waals surface area contributed by atoms with Crippen LogP contribution in [0, 0.1) is 11.8 Å². The monoisotopic (exact) mass is 627 g/mol. The molecule has 0 spiro atoms. The zero-order valence-electron chi connectivity index (χ0n) is 21.6. The fourth-order valence-corrected chi connectivity index (χ4v) is 6.54. The first-order valence-electron chi connectivity index (χ1n) is 12.2. The number of nitrogens with zero attached hydrogens (tertiary/aromatic N) is 1. The molecule has 2 unspecified atom stereocenters. The molecule has 1 fully saturated rings. The van der Waals surface area contributed by atoms with Gasteiger partial charge in [-0.05, 0) is 73.4 Å².